The largest absolute Gasteiger partial charge is 0.790 e. The summed E-state index contributed by atoms with van der Waals surface area (Å²) in [5.41, 5.74) is 5.23. The van der Waals surface area contributed by atoms with Gasteiger partial charge in [0.05, 0.1) is 22.3 Å². The molecule has 0 saturated carbocycles. The number of hydrogen-bond acceptors (Lipinski definition) is 19. The molecule has 11 N–H and O–H groups in total. The predicted molar refractivity (Wildman–Crippen MR) is 125 cm³/mol. The molecule has 0 saturated heterocycles. The standard InChI is InChI=1S/C10H17N3O6S.C6H12O6.Cu.H4O7P2/c11-5(10(18)19)1-2-7(14)13-6(4-20)9(17)12-3-8(15)16;7-1-3(9)5(11)6(12)4(10)2-8;;1-8(2,3)7-9(4,5)6/h5-6,20H,1-4,11H2,(H,12,17)(H,13,14)(H,15,16)(H,18,19);3,5-9,11-12H,1-2H2;;(H2,1,2,3)(H2,4,5,6)/p-4/t5-,6-;3-,5-,6-;;/m01../s1. The first-order valence-electron chi connectivity index (χ1n) is 10.4. The van der Waals surface area contributed by atoms with Gasteiger partial charge in [-0.1, -0.05) is 0 Å². The maximum Gasteiger partial charge on any atom is 0.322 e. The van der Waals surface area contributed by atoms with Crippen LogP contribution in [0.3, 0.4) is 0 Å². The molecule has 0 aromatic rings. The third-order valence-electron chi connectivity index (χ3n) is 3.84. The van der Waals surface area contributed by atoms with E-state index in [0.29, 0.717) is 0 Å². The van der Waals surface area contributed by atoms with Crippen molar-refractivity contribution in [1.82, 2.24) is 10.6 Å². The van der Waals surface area contributed by atoms with E-state index >= 15 is 0 Å². The van der Waals surface area contributed by atoms with Crippen LogP contribution in [0.15, 0.2) is 0 Å². The van der Waals surface area contributed by atoms with Crippen molar-refractivity contribution >= 4 is 57.8 Å². The molecule has 0 aliphatic carbocycles. The van der Waals surface area contributed by atoms with Crippen LogP contribution in [0.2, 0.25) is 0 Å². The molecule has 0 aromatic carbocycles. The Kier molecular flexibility index (Phi) is 26.9. The van der Waals surface area contributed by atoms with Crippen LogP contribution >= 0.6 is 28.3 Å². The Bertz CT molecular complexity index is 930. The third-order valence-corrected chi connectivity index (χ3v) is 5.80. The van der Waals surface area contributed by atoms with Gasteiger partial charge in [-0.15, -0.1) is 0 Å². The van der Waals surface area contributed by atoms with E-state index in [1.54, 1.807) is 0 Å². The molecule has 0 aliphatic rings. The summed E-state index contributed by atoms with van der Waals surface area (Å²) >= 11 is 3.87. The number of hydrogen-bond donors (Lipinski definition) is 11. The molecule has 0 aliphatic heterocycles. The van der Waals surface area contributed by atoms with Gasteiger partial charge >= 0.3 is 11.9 Å². The van der Waals surface area contributed by atoms with Crippen molar-refractivity contribution in [2.75, 3.05) is 25.5 Å². The number of thiol groups is 1. The summed E-state index contributed by atoms with van der Waals surface area (Å²) in [4.78, 5) is 91.6. The summed E-state index contributed by atoms with van der Waals surface area (Å²) in [6.07, 6.45) is -5.46. The smallest absolute Gasteiger partial charge is 0.322 e. The summed E-state index contributed by atoms with van der Waals surface area (Å²) in [5.74, 6) is -4.71. The van der Waals surface area contributed by atoms with E-state index in [9.17, 15) is 52.7 Å². The Balaban J connectivity index is -0.000000280. The van der Waals surface area contributed by atoms with E-state index in [1.807, 2.05) is 0 Å². The first-order valence-corrected chi connectivity index (χ1v) is 14.0. The van der Waals surface area contributed by atoms with Crippen molar-refractivity contribution in [3.63, 3.8) is 0 Å². The number of phosphoric acid groups is 2. The number of ketones is 1. The Labute approximate surface area is 252 Å². The van der Waals surface area contributed by atoms with Crippen molar-refractivity contribution in [1.29, 1.82) is 0 Å². The Hall–Kier alpha value is -1.56. The molecule has 0 spiro atoms. The molecule has 253 valence electrons. The minimum absolute atomic E-state index is 0. The Morgan fingerprint density at radius 1 is 0.952 bits per heavy atom. The fourth-order valence-electron chi connectivity index (χ4n) is 1.88. The van der Waals surface area contributed by atoms with E-state index < -0.39 is 95.3 Å². The second kappa shape index (κ2) is 23.8. The predicted octanol–water partition coefficient (Wildman–Crippen LogP) is -8.93. The van der Waals surface area contributed by atoms with Crippen LogP contribution in [0.4, 0.5) is 0 Å². The van der Waals surface area contributed by atoms with Crippen LogP contribution in [-0.4, -0.2) is 121 Å². The zero-order chi connectivity index (χ0) is 33.1. The number of carbonyl (C=O) groups is 5. The maximum atomic E-state index is 11.5. The quantitative estimate of drug-likeness (QED) is 0.0400. The SMILES string of the molecule is N[C@@H](CCC(=O)N[C@@H](CS)C(=O)NCC(=O)O)C(=O)O.O=C(CO)[C@@H](O)[C@H](O)[C@H](O)CO.O=P([O-])([O-])OP(=O)([O-])[O-].[Cu]. The number of aliphatic hydroxyl groups is 5. The number of rotatable bonds is 16. The molecule has 2 amide bonds. The number of aliphatic hydroxyl groups excluding tert-OH is 5. The Morgan fingerprint density at radius 2 is 1.43 bits per heavy atom. The number of nitrogens with two attached hydrogens (primary N) is 1. The van der Waals surface area contributed by atoms with Crippen molar-refractivity contribution in [3.05, 3.63) is 0 Å². The molecule has 1 radical (unpaired) electrons. The topological polar surface area (TPSA) is 413 Å². The van der Waals surface area contributed by atoms with Gasteiger partial charge < -0.3 is 85.1 Å². The molecule has 0 fully saturated rings. The van der Waals surface area contributed by atoms with Gasteiger partial charge in [0.2, 0.25) is 11.8 Å². The average molecular weight is 725 g/mol. The van der Waals surface area contributed by atoms with Gasteiger partial charge in [0, 0.05) is 29.2 Å². The molecule has 42 heavy (non-hydrogen) atoms. The monoisotopic (exact) mass is 724 g/mol. The number of carboxylic acids is 2. The zero-order valence-corrected chi connectivity index (χ0v) is 24.5. The minimum Gasteiger partial charge on any atom is -0.790 e. The minimum atomic E-state index is -5.68. The van der Waals surface area contributed by atoms with Crippen LogP contribution in [-0.2, 0) is 54.5 Å². The van der Waals surface area contributed by atoms with Gasteiger partial charge in [-0.25, -0.2) is 0 Å². The molecule has 0 heterocycles. The van der Waals surface area contributed by atoms with Gasteiger partial charge in [-0.3, -0.25) is 24.0 Å². The van der Waals surface area contributed by atoms with E-state index in [1.165, 1.54) is 0 Å². The maximum absolute atomic E-state index is 11.5. The number of amides is 2. The van der Waals surface area contributed by atoms with Gasteiger partial charge in [0.15, 0.2) is 5.78 Å². The number of carboxylic acid groups (broad SMARTS) is 2. The summed E-state index contributed by atoms with van der Waals surface area (Å²) in [5, 5.41) is 64.4. The van der Waals surface area contributed by atoms with Gasteiger partial charge in [0.25, 0.3) is 0 Å². The van der Waals surface area contributed by atoms with Gasteiger partial charge in [-0.05, 0) is 6.42 Å². The number of nitrogens with one attached hydrogen (secondary N) is 2. The molecule has 26 heteroatoms. The molecule has 0 unspecified atom stereocenters. The molecular weight excluding hydrogens is 696 g/mol. The van der Waals surface area contributed by atoms with Crippen LogP contribution in [0.1, 0.15) is 12.8 Å². The van der Waals surface area contributed by atoms with Crippen molar-refractivity contribution in [2.45, 2.75) is 43.2 Å². The molecular formula is C16H29CuN3O19P2S-4. The second-order valence-corrected chi connectivity index (χ2v) is 9.99. The zero-order valence-electron chi connectivity index (χ0n) is 20.9. The fourth-order valence-corrected chi connectivity index (χ4v) is 3.12. The molecule has 22 nitrogen and oxygen atoms in total. The first kappa shape index (κ1) is 47.4. The second-order valence-electron chi connectivity index (χ2n) is 7.18. The first-order chi connectivity index (χ1) is 18.5. The average Bonchev–Trinajstić information content (AvgIpc) is 2.85. The summed E-state index contributed by atoms with van der Waals surface area (Å²) in [7, 11) is -11.4. The summed E-state index contributed by atoms with van der Waals surface area (Å²) < 4.78 is 21.2. The number of aliphatic carboxylic acids is 2. The molecule has 5 atom stereocenters. The third kappa shape index (κ3) is 27.3. The van der Waals surface area contributed by atoms with Crippen LogP contribution in [0, 0.1) is 0 Å². The van der Waals surface area contributed by atoms with Crippen molar-refractivity contribution in [3.8, 4) is 0 Å². The summed E-state index contributed by atoms with van der Waals surface area (Å²) in [6.45, 7) is -2.25. The van der Waals surface area contributed by atoms with E-state index in [-0.39, 0.29) is 35.7 Å². The molecule has 0 aromatic heterocycles. The van der Waals surface area contributed by atoms with Crippen LogP contribution in [0.5, 0.6) is 0 Å². The van der Waals surface area contributed by atoms with Gasteiger partial charge in [-0.2, -0.15) is 12.6 Å². The van der Waals surface area contributed by atoms with E-state index in [0.717, 1.165) is 0 Å². The van der Waals surface area contributed by atoms with Crippen LogP contribution < -0.4 is 35.9 Å². The van der Waals surface area contributed by atoms with Crippen molar-refractivity contribution < 1.29 is 110 Å². The van der Waals surface area contributed by atoms with E-state index in [2.05, 4.69) is 27.6 Å². The van der Waals surface area contributed by atoms with Crippen molar-refractivity contribution in [2.24, 2.45) is 5.73 Å². The van der Waals surface area contributed by atoms with Crippen LogP contribution in [0.25, 0.3) is 0 Å². The number of carbonyl (C=O) groups excluding carboxylic acids is 3. The van der Waals surface area contributed by atoms with E-state index in [4.69, 9.17) is 41.5 Å². The number of Topliss-reactive ketones (excluding diaryl/α,β-unsaturated/α-hetero) is 1. The fraction of sp³-hybridized carbons (Fsp3) is 0.688. The van der Waals surface area contributed by atoms with Gasteiger partial charge in [0.1, 0.15) is 43.5 Å². The Morgan fingerprint density at radius 3 is 1.74 bits per heavy atom. The molecule has 0 rings (SSSR count). The normalized spacial score (nSPS) is 14.5. The summed E-state index contributed by atoms with van der Waals surface area (Å²) in [6, 6.07) is -2.15. The molecule has 0 bridgehead atoms.